The third-order valence-electron chi connectivity index (χ3n) is 3.11. The van der Waals surface area contributed by atoms with Gasteiger partial charge in [0.1, 0.15) is 5.75 Å². The van der Waals surface area contributed by atoms with Gasteiger partial charge in [-0.05, 0) is 36.4 Å². The van der Waals surface area contributed by atoms with Gasteiger partial charge in [-0.1, -0.05) is 17.7 Å². The van der Waals surface area contributed by atoms with Gasteiger partial charge in [0.15, 0.2) is 5.13 Å². The van der Waals surface area contributed by atoms with Crippen molar-refractivity contribution >= 4 is 39.7 Å². The summed E-state index contributed by atoms with van der Waals surface area (Å²) in [5, 5.41) is 24.3. The minimum Gasteiger partial charge on any atom is -0.506 e. The molecular formula is C16H11ClN2O3S. The van der Waals surface area contributed by atoms with E-state index in [1.54, 1.807) is 30.3 Å². The molecule has 0 aliphatic rings. The maximum Gasteiger partial charge on any atom is 0.335 e. The molecule has 1 aromatic heterocycles. The summed E-state index contributed by atoms with van der Waals surface area (Å²) in [5.74, 6) is -0.957. The molecule has 0 radical (unpaired) electrons. The summed E-state index contributed by atoms with van der Waals surface area (Å²) in [4.78, 5) is 15.4. The van der Waals surface area contributed by atoms with Gasteiger partial charge in [0.25, 0.3) is 0 Å². The summed E-state index contributed by atoms with van der Waals surface area (Å²) in [6.45, 7) is 0. The van der Waals surface area contributed by atoms with Crippen LogP contribution in [-0.4, -0.2) is 21.2 Å². The maximum atomic E-state index is 11.0. The van der Waals surface area contributed by atoms with E-state index in [4.69, 9.17) is 16.7 Å². The number of hydrogen-bond donors (Lipinski definition) is 3. The van der Waals surface area contributed by atoms with E-state index in [0.29, 0.717) is 16.5 Å². The minimum atomic E-state index is -0.979. The molecular weight excluding hydrogens is 336 g/mol. The Kier molecular flexibility index (Phi) is 4.18. The van der Waals surface area contributed by atoms with Crippen LogP contribution in [-0.2, 0) is 0 Å². The fourth-order valence-corrected chi connectivity index (χ4v) is 2.90. The molecule has 1 heterocycles. The summed E-state index contributed by atoms with van der Waals surface area (Å²) >= 11 is 7.29. The predicted molar refractivity (Wildman–Crippen MR) is 90.9 cm³/mol. The number of phenolic OH excluding ortho intramolecular Hbond substituents is 1. The monoisotopic (exact) mass is 346 g/mol. The molecule has 0 aliphatic carbocycles. The van der Waals surface area contributed by atoms with Crippen molar-refractivity contribution in [2.75, 3.05) is 5.32 Å². The van der Waals surface area contributed by atoms with Gasteiger partial charge < -0.3 is 15.5 Å². The fraction of sp³-hybridized carbons (Fsp3) is 0. The van der Waals surface area contributed by atoms with Crippen LogP contribution in [0.1, 0.15) is 10.4 Å². The number of anilines is 2. The molecule has 0 fully saturated rings. The summed E-state index contributed by atoms with van der Waals surface area (Å²) in [6, 6.07) is 11.4. The van der Waals surface area contributed by atoms with E-state index in [1.165, 1.54) is 23.5 Å². The quantitative estimate of drug-likeness (QED) is 0.642. The highest BCUT2D eigenvalue weighted by molar-refractivity contribution is 7.14. The lowest BCUT2D eigenvalue weighted by atomic mass is 10.2. The molecule has 0 spiro atoms. The zero-order chi connectivity index (χ0) is 16.4. The average Bonchev–Trinajstić information content (AvgIpc) is 2.99. The van der Waals surface area contributed by atoms with E-state index in [1.807, 2.05) is 5.38 Å². The van der Waals surface area contributed by atoms with Crippen molar-refractivity contribution in [2.24, 2.45) is 0 Å². The SMILES string of the molecule is O=C(O)c1cccc(Nc2nc(-c3ccc(O)c(Cl)c3)cs2)c1. The Balaban J connectivity index is 1.83. The zero-order valence-electron chi connectivity index (χ0n) is 11.7. The van der Waals surface area contributed by atoms with Gasteiger partial charge in [-0.25, -0.2) is 9.78 Å². The fourth-order valence-electron chi connectivity index (χ4n) is 1.98. The minimum absolute atomic E-state index is 0.0227. The molecule has 0 unspecified atom stereocenters. The number of benzene rings is 2. The number of hydrogen-bond acceptors (Lipinski definition) is 5. The number of phenols is 1. The van der Waals surface area contributed by atoms with Gasteiger partial charge in [0.05, 0.1) is 16.3 Å². The Morgan fingerprint density at radius 1 is 1.22 bits per heavy atom. The van der Waals surface area contributed by atoms with Crippen molar-refractivity contribution in [1.82, 2.24) is 4.98 Å². The summed E-state index contributed by atoms with van der Waals surface area (Å²) in [7, 11) is 0. The molecule has 0 bridgehead atoms. The van der Waals surface area contributed by atoms with E-state index >= 15 is 0 Å². The van der Waals surface area contributed by atoms with Crippen LogP contribution in [0.3, 0.4) is 0 Å². The molecule has 3 aromatic rings. The number of nitrogens with one attached hydrogen (secondary N) is 1. The molecule has 0 atom stereocenters. The standard InChI is InChI=1S/C16H11ClN2O3S/c17-12-7-9(4-5-14(12)20)13-8-23-16(19-13)18-11-3-1-2-10(6-11)15(21)22/h1-8,20H,(H,18,19)(H,21,22). The number of aromatic hydroxyl groups is 1. The molecule has 23 heavy (non-hydrogen) atoms. The van der Waals surface area contributed by atoms with Gasteiger partial charge in [-0.3, -0.25) is 0 Å². The van der Waals surface area contributed by atoms with Crippen LogP contribution in [0.25, 0.3) is 11.3 Å². The first-order valence-corrected chi connectivity index (χ1v) is 7.83. The van der Waals surface area contributed by atoms with E-state index in [9.17, 15) is 9.90 Å². The van der Waals surface area contributed by atoms with E-state index < -0.39 is 5.97 Å². The second-order valence-electron chi connectivity index (χ2n) is 4.72. The number of carboxylic acid groups (broad SMARTS) is 1. The Labute approximate surface area is 140 Å². The highest BCUT2D eigenvalue weighted by Gasteiger charge is 2.08. The van der Waals surface area contributed by atoms with E-state index in [-0.39, 0.29) is 16.3 Å². The number of thiazole rings is 1. The largest absolute Gasteiger partial charge is 0.506 e. The first-order valence-electron chi connectivity index (χ1n) is 6.58. The van der Waals surface area contributed by atoms with Crippen LogP contribution in [0.2, 0.25) is 5.02 Å². The Hall–Kier alpha value is -2.57. The molecule has 3 rings (SSSR count). The number of rotatable bonds is 4. The molecule has 0 amide bonds. The highest BCUT2D eigenvalue weighted by atomic mass is 35.5. The van der Waals surface area contributed by atoms with Gasteiger partial charge >= 0.3 is 5.97 Å². The number of aromatic carboxylic acids is 1. The number of aromatic nitrogens is 1. The molecule has 116 valence electrons. The third-order valence-corrected chi connectivity index (χ3v) is 4.17. The Bertz CT molecular complexity index is 879. The van der Waals surface area contributed by atoms with Crippen LogP contribution < -0.4 is 5.32 Å². The van der Waals surface area contributed by atoms with Crippen molar-refractivity contribution in [3.05, 3.63) is 58.4 Å². The molecule has 0 aliphatic heterocycles. The van der Waals surface area contributed by atoms with Gasteiger partial charge in [0, 0.05) is 16.6 Å². The van der Waals surface area contributed by atoms with Crippen LogP contribution >= 0.6 is 22.9 Å². The third kappa shape index (κ3) is 3.44. The van der Waals surface area contributed by atoms with Crippen molar-refractivity contribution in [3.63, 3.8) is 0 Å². The summed E-state index contributed by atoms with van der Waals surface area (Å²) in [5.41, 5.74) is 2.36. The number of carbonyl (C=O) groups is 1. The summed E-state index contributed by atoms with van der Waals surface area (Å²) in [6.07, 6.45) is 0. The topological polar surface area (TPSA) is 82.5 Å². The molecule has 2 aromatic carbocycles. The lowest BCUT2D eigenvalue weighted by molar-refractivity contribution is 0.0697. The van der Waals surface area contributed by atoms with Crippen molar-refractivity contribution in [2.45, 2.75) is 0 Å². The van der Waals surface area contributed by atoms with Crippen LogP contribution in [0.15, 0.2) is 47.8 Å². The molecule has 7 heteroatoms. The Morgan fingerprint density at radius 2 is 2.04 bits per heavy atom. The average molecular weight is 347 g/mol. The van der Waals surface area contributed by atoms with Crippen LogP contribution in [0.5, 0.6) is 5.75 Å². The maximum absolute atomic E-state index is 11.0. The second kappa shape index (κ2) is 6.28. The van der Waals surface area contributed by atoms with Gasteiger partial charge in [0.2, 0.25) is 0 Å². The van der Waals surface area contributed by atoms with Crippen LogP contribution in [0, 0.1) is 0 Å². The smallest absolute Gasteiger partial charge is 0.335 e. The zero-order valence-corrected chi connectivity index (χ0v) is 13.2. The first-order chi connectivity index (χ1) is 11.0. The number of halogens is 1. The lowest BCUT2D eigenvalue weighted by Crippen LogP contribution is -1.97. The number of nitrogens with zero attached hydrogens (tertiary/aromatic N) is 1. The molecule has 0 saturated heterocycles. The van der Waals surface area contributed by atoms with Crippen LogP contribution in [0.4, 0.5) is 10.8 Å². The first kappa shape index (κ1) is 15.3. The Morgan fingerprint density at radius 3 is 2.78 bits per heavy atom. The van der Waals surface area contributed by atoms with Gasteiger partial charge in [-0.15, -0.1) is 11.3 Å². The van der Waals surface area contributed by atoms with E-state index in [0.717, 1.165) is 5.56 Å². The second-order valence-corrected chi connectivity index (χ2v) is 5.98. The summed E-state index contributed by atoms with van der Waals surface area (Å²) < 4.78 is 0. The van der Waals surface area contributed by atoms with E-state index in [2.05, 4.69) is 10.3 Å². The number of carboxylic acids is 1. The van der Waals surface area contributed by atoms with Crippen molar-refractivity contribution in [3.8, 4) is 17.0 Å². The normalized spacial score (nSPS) is 10.5. The van der Waals surface area contributed by atoms with Gasteiger partial charge in [-0.2, -0.15) is 0 Å². The molecule has 3 N–H and O–H groups in total. The highest BCUT2D eigenvalue weighted by Crippen LogP contribution is 2.32. The molecule has 0 saturated carbocycles. The predicted octanol–water partition coefficient (Wildman–Crippen LogP) is 4.61. The molecule has 5 nitrogen and oxygen atoms in total. The lowest BCUT2D eigenvalue weighted by Gasteiger charge is -2.03. The van der Waals surface area contributed by atoms with Crippen molar-refractivity contribution < 1.29 is 15.0 Å². The van der Waals surface area contributed by atoms with Crippen molar-refractivity contribution in [1.29, 1.82) is 0 Å².